The zero-order valence-electron chi connectivity index (χ0n) is 11.6. The summed E-state index contributed by atoms with van der Waals surface area (Å²) in [6, 6.07) is 1.05. The van der Waals surface area contributed by atoms with Crippen LogP contribution in [-0.4, -0.2) is 34.8 Å². The summed E-state index contributed by atoms with van der Waals surface area (Å²) in [6.45, 7) is 3.93. The second kappa shape index (κ2) is 7.53. The third kappa shape index (κ3) is 4.99. The first-order chi connectivity index (χ1) is 9.82. The maximum Gasteiger partial charge on any atom is 0.288 e. The number of amides is 2. The summed E-state index contributed by atoms with van der Waals surface area (Å²) in [5, 5.41) is 15.6. The third-order valence-corrected chi connectivity index (χ3v) is 2.82. The Morgan fingerprint density at radius 3 is 2.57 bits per heavy atom. The molecule has 0 spiro atoms. The molecule has 0 saturated carbocycles. The molecule has 1 aromatic heterocycles. The predicted molar refractivity (Wildman–Crippen MR) is 76.1 cm³/mol. The highest BCUT2D eigenvalue weighted by molar-refractivity contribution is 6.32. The Morgan fingerprint density at radius 2 is 2.00 bits per heavy atom. The van der Waals surface area contributed by atoms with Crippen LogP contribution in [0.4, 0.5) is 5.69 Å². The number of hydrogen-bond donors (Lipinski definition) is 2. The van der Waals surface area contributed by atoms with Gasteiger partial charge in [-0.1, -0.05) is 25.4 Å². The first-order valence-electron chi connectivity index (χ1n) is 6.18. The molecule has 0 bridgehead atoms. The fourth-order valence-corrected chi connectivity index (χ4v) is 1.55. The summed E-state index contributed by atoms with van der Waals surface area (Å²) in [5.74, 6) is -0.856. The van der Waals surface area contributed by atoms with E-state index in [-0.39, 0.29) is 41.3 Å². The molecule has 2 amide bonds. The van der Waals surface area contributed by atoms with E-state index in [1.807, 2.05) is 0 Å². The van der Waals surface area contributed by atoms with E-state index in [2.05, 4.69) is 15.6 Å². The van der Waals surface area contributed by atoms with E-state index >= 15 is 0 Å². The average Bonchev–Trinajstić information content (AvgIpc) is 2.43. The highest BCUT2D eigenvalue weighted by Crippen LogP contribution is 2.18. The van der Waals surface area contributed by atoms with Crippen molar-refractivity contribution >= 4 is 29.1 Å². The number of hydrogen-bond acceptors (Lipinski definition) is 5. The van der Waals surface area contributed by atoms with Crippen LogP contribution in [0.5, 0.6) is 0 Å². The van der Waals surface area contributed by atoms with Crippen molar-refractivity contribution in [1.82, 2.24) is 15.6 Å². The van der Waals surface area contributed by atoms with E-state index < -0.39 is 10.8 Å². The highest BCUT2D eigenvalue weighted by Gasteiger charge is 2.16. The summed E-state index contributed by atoms with van der Waals surface area (Å²) in [6.07, 6.45) is 0.974. The number of nitro groups is 1. The van der Waals surface area contributed by atoms with Crippen LogP contribution in [0.15, 0.2) is 12.3 Å². The van der Waals surface area contributed by atoms with Gasteiger partial charge < -0.3 is 10.6 Å². The maximum atomic E-state index is 11.8. The van der Waals surface area contributed by atoms with Crippen LogP contribution >= 0.6 is 11.6 Å². The molecule has 0 atom stereocenters. The van der Waals surface area contributed by atoms with Gasteiger partial charge in [0.1, 0.15) is 11.3 Å². The normalized spacial score (nSPS) is 10.3. The van der Waals surface area contributed by atoms with Crippen molar-refractivity contribution in [2.24, 2.45) is 5.92 Å². The summed E-state index contributed by atoms with van der Waals surface area (Å²) in [4.78, 5) is 36.7. The van der Waals surface area contributed by atoms with Crippen molar-refractivity contribution in [1.29, 1.82) is 0 Å². The second-order valence-corrected chi connectivity index (χ2v) is 4.85. The predicted octanol–water partition coefficient (Wildman–Crippen LogP) is 1.15. The van der Waals surface area contributed by atoms with Crippen LogP contribution in [0.25, 0.3) is 0 Å². The van der Waals surface area contributed by atoms with Gasteiger partial charge in [-0.05, 0) is 0 Å². The van der Waals surface area contributed by atoms with E-state index in [0.29, 0.717) is 0 Å². The van der Waals surface area contributed by atoms with Gasteiger partial charge in [0.15, 0.2) is 0 Å². The Labute approximate surface area is 126 Å². The molecule has 0 saturated heterocycles. The molecule has 8 nitrogen and oxygen atoms in total. The number of aromatic nitrogens is 1. The number of carbonyl (C=O) groups is 2. The molecule has 1 aromatic rings. The van der Waals surface area contributed by atoms with E-state index in [0.717, 1.165) is 12.3 Å². The monoisotopic (exact) mass is 314 g/mol. The van der Waals surface area contributed by atoms with Crippen LogP contribution in [0, 0.1) is 16.0 Å². The first-order valence-corrected chi connectivity index (χ1v) is 6.56. The van der Waals surface area contributed by atoms with Crippen molar-refractivity contribution in [2.45, 2.75) is 13.8 Å². The molecular weight excluding hydrogens is 300 g/mol. The van der Waals surface area contributed by atoms with Crippen molar-refractivity contribution < 1.29 is 14.5 Å². The average molecular weight is 315 g/mol. The van der Waals surface area contributed by atoms with Crippen LogP contribution in [0.2, 0.25) is 5.15 Å². The topological polar surface area (TPSA) is 114 Å². The van der Waals surface area contributed by atoms with Crippen molar-refractivity contribution in [3.63, 3.8) is 0 Å². The number of nitrogens with zero attached hydrogens (tertiary/aromatic N) is 2. The van der Waals surface area contributed by atoms with Gasteiger partial charge in [0.2, 0.25) is 5.91 Å². The minimum atomic E-state index is -0.664. The van der Waals surface area contributed by atoms with Gasteiger partial charge in [-0.2, -0.15) is 0 Å². The first kappa shape index (κ1) is 16.8. The molecule has 1 rings (SSSR count). The SMILES string of the molecule is CC(C)C(=O)NCCNC(=O)c1cc([N+](=O)[O-])cnc1Cl. The van der Waals surface area contributed by atoms with Gasteiger partial charge in [0.05, 0.1) is 10.5 Å². The van der Waals surface area contributed by atoms with Gasteiger partial charge in [0, 0.05) is 25.1 Å². The fourth-order valence-electron chi connectivity index (χ4n) is 1.36. The summed E-state index contributed by atoms with van der Waals surface area (Å²) in [5.41, 5.74) is -0.404. The molecule has 0 aliphatic rings. The van der Waals surface area contributed by atoms with Gasteiger partial charge in [0.25, 0.3) is 11.6 Å². The Balaban J connectivity index is 2.58. The number of halogens is 1. The number of pyridine rings is 1. The second-order valence-electron chi connectivity index (χ2n) is 4.49. The number of rotatable bonds is 6. The molecule has 0 aliphatic heterocycles. The Bertz CT molecular complexity index is 562. The van der Waals surface area contributed by atoms with E-state index in [9.17, 15) is 19.7 Å². The molecule has 0 unspecified atom stereocenters. The van der Waals surface area contributed by atoms with E-state index in [1.54, 1.807) is 13.8 Å². The summed E-state index contributed by atoms with van der Waals surface area (Å²) < 4.78 is 0. The summed E-state index contributed by atoms with van der Waals surface area (Å²) >= 11 is 5.74. The van der Waals surface area contributed by atoms with Crippen molar-refractivity contribution in [2.75, 3.05) is 13.1 Å². The van der Waals surface area contributed by atoms with Crippen molar-refractivity contribution in [3.8, 4) is 0 Å². The van der Waals surface area contributed by atoms with Crippen LogP contribution in [0.1, 0.15) is 24.2 Å². The van der Waals surface area contributed by atoms with E-state index in [1.165, 1.54) is 0 Å². The molecule has 0 radical (unpaired) electrons. The summed E-state index contributed by atoms with van der Waals surface area (Å²) in [7, 11) is 0. The standard InChI is InChI=1S/C12H15ClN4O4/c1-7(2)11(18)14-3-4-15-12(19)9-5-8(17(20)21)6-16-10(9)13/h5-7H,3-4H2,1-2H3,(H,14,18)(H,15,19). The van der Waals surface area contributed by atoms with Crippen LogP contribution in [0.3, 0.4) is 0 Å². The van der Waals surface area contributed by atoms with Crippen LogP contribution < -0.4 is 10.6 Å². The smallest absolute Gasteiger partial charge is 0.288 e. The van der Waals surface area contributed by atoms with Crippen LogP contribution in [-0.2, 0) is 4.79 Å². The lowest BCUT2D eigenvalue weighted by atomic mass is 10.2. The minimum absolute atomic E-state index is 0.0824. The Kier molecular flexibility index (Phi) is 6.04. The van der Waals surface area contributed by atoms with Gasteiger partial charge in [-0.25, -0.2) is 4.98 Å². The Hall–Kier alpha value is -2.22. The molecule has 9 heteroatoms. The molecule has 1 heterocycles. The van der Waals surface area contributed by atoms with Gasteiger partial charge in [-0.15, -0.1) is 0 Å². The molecule has 2 N–H and O–H groups in total. The zero-order valence-corrected chi connectivity index (χ0v) is 12.3. The van der Waals surface area contributed by atoms with Gasteiger partial charge in [-0.3, -0.25) is 19.7 Å². The molecule has 0 aliphatic carbocycles. The Morgan fingerprint density at radius 1 is 1.38 bits per heavy atom. The minimum Gasteiger partial charge on any atom is -0.354 e. The molecule has 114 valence electrons. The third-order valence-electron chi connectivity index (χ3n) is 2.51. The highest BCUT2D eigenvalue weighted by atomic mass is 35.5. The zero-order chi connectivity index (χ0) is 16.0. The lowest BCUT2D eigenvalue weighted by molar-refractivity contribution is -0.385. The van der Waals surface area contributed by atoms with E-state index in [4.69, 9.17) is 11.6 Å². The lowest BCUT2D eigenvalue weighted by Crippen LogP contribution is -2.36. The largest absolute Gasteiger partial charge is 0.354 e. The number of nitrogens with one attached hydrogen (secondary N) is 2. The van der Waals surface area contributed by atoms with Gasteiger partial charge >= 0.3 is 0 Å². The quantitative estimate of drug-likeness (QED) is 0.354. The molecule has 21 heavy (non-hydrogen) atoms. The maximum absolute atomic E-state index is 11.8. The molecule has 0 aromatic carbocycles. The van der Waals surface area contributed by atoms with Crippen molar-refractivity contribution in [3.05, 3.63) is 33.1 Å². The molecular formula is C12H15ClN4O4. The lowest BCUT2D eigenvalue weighted by Gasteiger charge is -2.09. The molecule has 0 fully saturated rings. The number of carbonyl (C=O) groups excluding carboxylic acids is 2. The fraction of sp³-hybridized carbons (Fsp3) is 0.417.